The highest BCUT2D eigenvalue weighted by molar-refractivity contribution is 9.10. The van der Waals surface area contributed by atoms with E-state index in [4.69, 9.17) is 11.6 Å². The summed E-state index contributed by atoms with van der Waals surface area (Å²) in [5.41, 5.74) is 5.14. The lowest BCUT2D eigenvalue weighted by Crippen LogP contribution is -2.27. The van der Waals surface area contributed by atoms with Crippen molar-refractivity contribution in [1.82, 2.24) is 9.47 Å². The Morgan fingerprint density at radius 2 is 1.56 bits per heavy atom. The standard InChI is InChI=1S/C27H20BrClN2O2S/c1-17-23(14-25-26(32)31(27(33)34-25)16-19-8-12-21(29)13-9-19)22-4-2-3-5-24(22)30(17)15-18-6-10-20(28)11-7-18/h2-14H,15-16H2,1H3/b25-14+. The van der Waals surface area contributed by atoms with Crippen molar-refractivity contribution in [2.45, 2.75) is 20.0 Å². The molecule has 1 aromatic heterocycles. The predicted molar refractivity (Wildman–Crippen MR) is 143 cm³/mol. The van der Waals surface area contributed by atoms with Crippen molar-refractivity contribution in [2.24, 2.45) is 0 Å². The number of nitrogens with zero attached hydrogens (tertiary/aromatic N) is 2. The maximum Gasteiger partial charge on any atom is 0.293 e. The number of carbonyl (C=O) groups excluding carboxylic acids is 2. The number of benzene rings is 3. The lowest BCUT2D eigenvalue weighted by Gasteiger charge is -2.12. The first-order chi connectivity index (χ1) is 16.4. The van der Waals surface area contributed by atoms with Gasteiger partial charge in [-0.3, -0.25) is 14.5 Å². The predicted octanol–water partition coefficient (Wildman–Crippen LogP) is 7.65. The van der Waals surface area contributed by atoms with Crippen LogP contribution in [0.2, 0.25) is 5.02 Å². The van der Waals surface area contributed by atoms with Gasteiger partial charge in [0.25, 0.3) is 11.1 Å². The highest BCUT2D eigenvalue weighted by atomic mass is 79.9. The second kappa shape index (κ2) is 9.45. The third-order valence-electron chi connectivity index (χ3n) is 5.94. The summed E-state index contributed by atoms with van der Waals surface area (Å²) in [5, 5.41) is 1.41. The van der Waals surface area contributed by atoms with E-state index in [-0.39, 0.29) is 17.7 Å². The molecule has 5 rings (SSSR count). The van der Waals surface area contributed by atoms with Crippen LogP contribution in [0, 0.1) is 6.92 Å². The molecular formula is C27H20BrClN2O2S. The number of imide groups is 1. The molecule has 4 aromatic rings. The van der Waals surface area contributed by atoms with Crippen LogP contribution >= 0.6 is 39.3 Å². The number of hydrogen-bond donors (Lipinski definition) is 0. The Kier molecular flexibility index (Phi) is 6.38. The Bertz CT molecular complexity index is 1440. The Balaban J connectivity index is 1.49. The molecule has 1 saturated heterocycles. The minimum Gasteiger partial charge on any atom is -0.340 e. The summed E-state index contributed by atoms with van der Waals surface area (Å²) in [5.74, 6) is -0.269. The molecule has 34 heavy (non-hydrogen) atoms. The molecule has 1 fully saturated rings. The third kappa shape index (κ3) is 4.45. The van der Waals surface area contributed by atoms with Crippen LogP contribution in [-0.4, -0.2) is 20.6 Å². The van der Waals surface area contributed by atoms with Crippen molar-refractivity contribution in [3.63, 3.8) is 0 Å². The molecule has 2 amide bonds. The van der Waals surface area contributed by atoms with Gasteiger partial charge in [-0.15, -0.1) is 0 Å². The topological polar surface area (TPSA) is 42.3 Å². The molecule has 7 heteroatoms. The van der Waals surface area contributed by atoms with E-state index in [1.807, 2.05) is 42.5 Å². The van der Waals surface area contributed by atoms with Gasteiger partial charge in [0.1, 0.15) is 0 Å². The van der Waals surface area contributed by atoms with Crippen molar-refractivity contribution in [3.05, 3.63) is 110 Å². The van der Waals surface area contributed by atoms with Crippen LogP contribution in [0.3, 0.4) is 0 Å². The molecule has 0 radical (unpaired) electrons. The van der Waals surface area contributed by atoms with E-state index in [9.17, 15) is 9.59 Å². The van der Waals surface area contributed by atoms with E-state index in [2.05, 4.69) is 51.7 Å². The number of rotatable bonds is 5. The van der Waals surface area contributed by atoms with Gasteiger partial charge < -0.3 is 4.57 Å². The summed E-state index contributed by atoms with van der Waals surface area (Å²) < 4.78 is 3.29. The molecule has 170 valence electrons. The third-order valence-corrected chi connectivity index (χ3v) is 7.62. The lowest BCUT2D eigenvalue weighted by atomic mass is 10.1. The number of amides is 2. The number of aromatic nitrogens is 1. The summed E-state index contributed by atoms with van der Waals surface area (Å²) in [6.45, 7) is 3.00. The van der Waals surface area contributed by atoms with Gasteiger partial charge >= 0.3 is 0 Å². The van der Waals surface area contributed by atoms with Crippen molar-refractivity contribution in [2.75, 3.05) is 0 Å². The average Bonchev–Trinajstić information content (AvgIpc) is 3.25. The number of hydrogen-bond acceptors (Lipinski definition) is 3. The number of fused-ring (bicyclic) bond motifs is 1. The fourth-order valence-corrected chi connectivity index (χ4v) is 5.37. The smallest absolute Gasteiger partial charge is 0.293 e. The second-order valence-corrected chi connectivity index (χ2v) is 10.5. The van der Waals surface area contributed by atoms with Crippen LogP contribution in [-0.2, 0) is 17.9 Å². The van der Waals surface area contributed by atoms with Gasteiger partial charge in [0.15, 0.2) is 0 Å². The molecule has 0 atom stereocenters. The van der Waals surface area contributed by atoms with Gasteiger partial charge in [0.05, 0.1) is 11.4 Å². The zero-order chi connectivity index (χ0) is 23.8. The van der Waals surface area contributed by atoms with Gasteiger partial charge in [-0.2, -0.15) is 0 Å². The highest BCUT2D eigenvalue weighted by Crippen LogP contribution is 2.36. The van der Waals surface area contributed by atoms with Crippen molar-refractivity contribution in [1.29, 1.82) is 0 Å². The van der Waals surface area contributed by atoms with E-state index < -0.39 is 0 Å². The van der Waals surface area contributed by atoms with E-state index in [0.29, 0.717) is 16.5 Å². The Hall–Kier alpha value is -2.80. The van der Waals surface area contributed by atoms with Crippen LogP contribution in [0.25, 0.3) is 17.0 Å². The SMILES string of the molecule is Cc1c(/C=C2/SC(=O)N(Cc3ccc(Cl)cc3)C2=O)c2ccccc2n1Cc1ccc(Br)cc1. The monoisotopic (exact) mass is 550 g/mol. The molecule has 0 N–H and O–H groups in total. The van der Waals surface area contributed by atoms with Crippen LogP contribution in [0.4, 0.5) is 4.79 Å². The first kappa shape index (κ1) is 23.0. The quantitative estimate of drug-likeness (QED) is 0.239. The summed E-state index contributed by atoms with van der Waals surface area (Å²) in [6.07, 6.45) is 1.86. The summed E-state index contributed by atoms with van der Waals surface area (Å²) in [7, 11) is 0. The van der Waals surface area contributed by atoms with Crippen LogP contribution in [0.5, 0.6) is 0 Å². The Morgan fingerprint density at radius 3 is 2.29 bits per heavy atom. The van der Waals surface area contributed by atoms with Crippen molar-refractivity contribution >= 4 is 67.4 Å². The molecular weight excluding hydrogens is 532 g/mol. The lowest BCUT2D eigenvalue weighted by molar-refractivity contribution is -0.123. The van der Waals surface area contributed by atoms with E-state index in [1.54, 1.807) is 12.1 Å². The van der Waals surface area contributed by atoms with E-state index in [0.717, 1.165) is 44.0 Å². The van der Waals surface area contributed by atoms with Crippen LogP contribution in [0.1, 0.15) is 22.4 Å². The number of para-hydroxylation sites is 1. The number of halogens is 2. The fraction of sp³-hybridized carbons (Fsp3) is 0.111. The van der Waals surface area contributed by atoms with Gasteiger partial charge in [0, 0.05) is 38.2 Å². The Labute approximate surface area is 215 Å². The minimum absolute atomic E-state index is 0.226. The zero-order valence-corrected chi connectivity index (χ0v) is 21.5. The average molecular weight is 552 g/mol. The summed E-state index contributed by atoms with van der Waals surface area (Å²) >= 11 is 10.4. The molecule has 1 aliphatic heterocycles. The summed E-state index contributed by atoms with van der Waals surface area (Å²) in [6, 6.07) is 23.6. The second-order valence-electron chi connectivity index (χ2n) is 8.12. The van der Waals surface area contributed by atoms with Gasteiger partial charge in [-0.1, -0.05) is 70.0 Å². The van der Waals surface area contributed by atoms with Gasteiger partial charge in [0.2, 0.25) is 0 Å². The zero-order valence-electron chi connectivity index (χ0n) is 18.3. The highest BCUT2D eigenvalue weighted by Gasteiger charge is 2.35. The van der Waals surface area contributed by atoms with Gasteiger partial charge in [-0.05, 0) is 66.2 Å². The van der Waals surface area contributed by atoms with Crippen molar-refractivity contribution in [3.8, 4) is 0 Å². The number of thioether (sulfide) groups is 1. The minimum atomic E-state index is -0.269. The molecule has 0 unspecified atom stereocenters. The molecule has 0 spiro atoms. The maximum atomic E-state index is 13.1. The van der Waals surface area contributed by atoms with Gasteiger partial charge in [-0.25, -0.2) is 0 Å². The largest absolute Gasteiger partial charge is 0.340 e. The maximum absolute atomic E-state index is 13.1. The van der Waals surface area contributed by atoms with Crippen LogP contribution < -0.4 is 0 Å². The Morgan fingerprint density at radius 1 is 0.912 bits per heavy atom. The molecule has 4 nitrogen and oxygen atoms in total. The first-order valence-electron chi connectivity index (χ1n) is 10.7. The first-order valence-corrected chi connectivity index (χ1v) is 12.7. The molecule has 0 saturated carbocycles. The normalized spacial score (nSPS) is 15.1. The van der Waals surface area contributed by atoms with Crippen molar-refractivity contribution < 1.29 is 9.59 Å². The molecule has 2 heterocycles. The summed E-state index contributed by atoms with van der Waals surface area (Å²) in [4.78, 5) is 27.5. The molecule has 1 aliphatic rings. The molecule has 0 bridgehead atoms. The fourth-order valence-electron chi connectivity index (χ4n) is 4.16. The van der Waals surface area contributed by atoms with E-state index >= 15 is 0 Å². The van der Waals surface area contributed by atoms with E-state index in [1.165, 1.54) is 10.5 Å². The number of carbonyl (C=O) groups is 2. The molecule has 0 aliphatic carbocycles. The van der Waals surface area contributed by atoms with Crippen LogP contribution in [0.15, 0.2) is 82.2 Å². The molecule has 3 aromatic carbocycles.